The molecule has 1 aromatic heterocycles. The number of carbonyl (C=O) groups excluding carboxylic acids is 1. The average Bonchev–Trinajstić information content (AvgIpc) is 2.84. The van der Waals surface area contributed by atoms with Gasteiger partial charge in [-0.25, -0.2) is 0 Å². The summed E-state index contributed by atoms with van der Waals surface area (Å²) in [6.45, 7) is 2.41. The molecule has 0 spiro atoms. The Morgan fingerprint density at radius 1 is 1.67 bits per heavy atom. The molecule has 1 heterocycles. The van der Waals surface area contributed by atoms with Crippen molar-refractivity contribution in [3.63, 3.8) is 0 Å². The fraction of sp³-hybridized carbons (Fsp3) is 0.538. The molecule has 1 amide bonds. The second kappa shape index (κ2) is 7.51. The molecule has 5 heteroatoms. The molecule has 1 atom stereocenters. The minimum Gasteiger partial charge on any atom is -0.467 e. The normalized spacial score (nSPS) is 11.8. The van der Waals surface area contributed by atoms with Crippen LogP contribution in [0, 0.1) is 11.3 Å². The van der Waals surface area contributed by atoms with Gasteiger partial charge in [0.15, 0.2) is 0 Å². The number of nitrogens with zero attached hydrogens (tertiary/aromatic N) is 2. The summed E-state index contributed by atoms with van der Waals surface area (Å²) in [6, 6.07) is 5.58. The van der Waals surface area contributed by atoms with E-state index >= 15 is 0 Å². The molecular formula is C13H18N2O3. The van der Waals surface area contributed by atoms with Crippen LogP contribution < -0.4 is 0 Å². The van der Waals surface area contributed by atoms with E-state index in [0.717, 1.165) is 0 Å². The van der Waals surface area contributed by atoms with E-state index in [-0.39, 0.29) is 12.3 Å². The third-order valence-electron chi connectivity index (χ3n) is 2.55. The molecular weight excluding hydrogens is 232 g/mol. The van der Waals surface area contributed by atoms with E-state index in [1.165, 1.54) is 0 Å². The smallest absolute Gasteiger partial charge is 0.223 e. The quantitative estimate of drug-likeness (QED) is 0.798. The van der Waals surface area contributed by atoms with Crippen LogP contribution in [0.15, 0.2) is 22.8 Å². The lowest BCUT2D eigenvalue weighted by Gasteiger charge is -2.20. The van der Waals surface area contributed by atoms with Crippen molar-refractivity contribution in [1.82, 2.24) is 4.90 Å². The molecule has 0 bridgehead atoms. The highest BCUT2D eigenvalue weighted by Gasteiger charge is 2.15. The van der Waals surface area contributed by atoms with Crippen LogP contribution in [0.3, 0.4) is 0 Å². The van der Waals surface area contributed by atoms with Gasteiger partial charge in [-0.1, -0.05) is 0 Å². The maximum atomic E-state index is 11.9. The van der Waals surface area contributed by atoms with Gasteiger partial charge >= 0.3 is 0 Å². The molecule has 1 N–H and O–H groups in total. The molecule has 0 fully saturated rings. The van der Waals surface area contributed by atoms with Gasteiger partial charge in [0.25, 0.3) is 0 Å². The maximum Gasteiger partial charge on any atom is 0.223 e. The van der Waals surface area contributed by atoms with Crippen molar-refractivity contribution >= 4 is 5.91 Å². The van der Waals surface area contributed by atoms with Crippen molar-refractivity contribution in [3.8, 4) is 6.07 Å². The van der Waals surface area contributed by atoms with Crippen LogP contribution in [0.4, 0.5) is 0 Å². The molecule has 0 aliphatic heterocycles. The predicted octanol–water partition coefficient (Wildman–Crippen LogP) is 1.68. The molecule has 0 radical (unpaired) electrons. The van der Waals surface area contributed by atoms with Crippen LogP contribution in [0.1, 0.15) is 31.9 Å². The van der Waals surface area contributed by atoms with Crippen molar-refractivity contribution in [3.05, 3.63) is 24.2 Å². The number of carbonyl (C=O) groups is 1. The van der Waals surface area contributed by atoms with E-state index in [9.17, 15) is 9.90 Å². The largest absolute Gasteiger partial charge is 0.467 e. The second-order valence-corrected chi connectivity index (χ2v) is 4.19. The van der Waals surface area contributed by atoms with Crippen LogP contribution in [-0.2, 0) is 11.3 Å². The van der Waals surface area contributed by atoms with Crippen LogP contribution in [-0.4, -0.2) is 28.6 Å². The Morgan fingerprint density at radius 2 is 2.44 bits per heavy atom. The Kier molecular flexibility index (Phi) is 5.95. The molecule has 0 aromatic carbocycles. The zero-order valence-electron chi connectivity index (χ0n) is 10.5. The third-order valence-corrected chi connectivity index (χ3v) is 2.55. The number of amides is 1. The average molecular weight is 250 g/mol. The van der Waals surface area contributed by atoms with Gasteiger partial charge in [0.05, 0.1) is 31.4 Å². The molecule has 0 aliphatic carbocycles. The number of aliphatic hydroxyl groups excluding tert-OH is 1. The van der Waals surface area contributed by atoms with Crippen molar-refractivity contribution in [2.24, 2.45) is 0 Å². The van der Waals surface area contributed by atoms with E-state index < -0.39 is 6.10 Å². The highest BCUT2D eigenvalue weighted by molar-refractivity contribution is 5.76. The highest BCUT2D eigenvalue weighted by Crippen LogP contribution is 2.09. The molecule has 1 rings (SSSR count). The first-order valence-electron chi connectivity index (χ1n) is 5.98. The van der Waals surface area contributed by atoms with Crippen LogP contribution in [0.5, 0.6) is 0 Å². The Balaban J connectivity index is 2.54. The van der Waals surface area contributed by atoms with Gasteiger partial charge in [0.2, 0.25) is 5.91 Å². The lowest BCUT2D eigenvalue weighted by molar-refractivity contribution is -0.132. The van der Waals surface area contributed by atoms with E-state index in [4.69, 9.17) is 9.68 Å². The molecule has 18 heavy (non-hydrogen) atoms. The van der Waals surface area contributed by atoms with Crippen molar-refractivity contribution in [2.45, 2.75) is 38.8 Å². The van der Waals surface area contributed by atoms with Gasteiger partial charge in [-0.2, -0.15) is 5.26 Å². The third kappa shape index (κ3) is 5.02. The number of furan rings is 1. The first-order chi connectivity index (χ1) is 8.63. The van der Waals surface area contributed by atoms with E-state index in [0.29, 0.717) is 31.7 Å². The number of hydrogen-bond donors (Lipinski definition) is 1. The van der Waals surface area contributed by atoms with Gasteiger partial charge in [0.1, 0.15) is 5.76 Å². The molecule has 98 valence electrons. The van der Waals surface area contributed by atoms with Gasteiger partial charge in [-0.05, 0) is 25.5 Å². The summed E-state index contributed by atoms with van der Waals surface area (Å²) in [7, 11) is 0. The summed E-state index contributed by atoms with van der Waals surface area (Å²) >= 11 is 0. The summed E-state index contributed by atoms with van der Waals surface area (Å²) in [5.74, 6) is 0.626. The van der Waals surface area contributed by atoms with E-state index in [1.807, 2.05) is 6.07 Å². The lowest BCUT2D eigenvalue weighted by Crippen LogP contribution is -2.31. The highest BCUT2D eigenvalue weighted by atomic mass is 16.3. The molecule has 5 nitrogen and oxygen atoms in total. The number of aliphatic hydroxyl groups is 1. The van der Waals surface area contributed by atoms with Gasteiger partial charge in [-0.3, -0.25) is 4.79 Å². The first-order valence-corrected chi connectivity index (χ1v) is 5.98. The van der Waals surface area contributed by atoms with E-state index in [1.54, 1.807) is 30.2 Å². The first kappa shape index (κ1) is 14.3. The summed E-state index contributed by atoms with van der Waals surface area (Å²) in [5, 5.41) is 17.8. The van der Waals surface area contributed by atoms with E-state index in [2.05, 4.69) is 0 Å². The Labute approximate surface area is 107 Å². The van der Waals surface area contributed by atoms with Gasteiger partial charge in [-0.15, -0.1) is 0 Å². The molecule has 0 saturated heterocycles. The van der Waals surface area contributed by atoms with Gasteiger partial charge < -0.3 is 14.4 Å². The fourth-order valence-electron chi connectivity index (χ4n) is 1.56. The number of rotatable bonds is 7. The van der Waals surface area contributed by atoms with Crippen LogP contribution in [0.2, 0.25) is 0 Å². The SMILES string of the molecule is CC(O)CCC(=O)N(CCC#N)Cc1ccco1. The topological polar surface area (TPSA) is 77.5 Å². The lowest BCUT2D eigenvalue weighted by atomic mass is 10.2. The second-order valence-electron chi connectivity index (χ2n) is 4.19. The maximum absolute atomic E-state index is 11.9. The zero-order chi connectivity index (χ0) is 13.4. The Hall–Kier alpha value is -1.80. The Bertz CT molecular complexity index is 393. The van der Waals surface area contributed by atoms with Crippen LogP contribution in [0.25, 0.3) is 0 Å². The molecule has 1 aromatic rings. The summed E-state index contributed by atoms with van der Waals surface area (Å²) in [5.41, 5.74) is 0. The number of nitriles is 1. The monoisotopic (exact) mass is 250 g/mol. The fourth-order valence-corrected chi connectivity index (χ4v) is 1.56. The van der Waals surface area contributed by atoms with Crippen molar-refractivity contribution in [2.75, 3.05) is 6.54 Å². The minimum absolute atomic E-state index is 0.0671. The Morgan fingerprint density at radius 3 is 3.00 bits per heavy atom. The summed E-state index contributed by atoms with van der Waals surface area (Å²) < 4.78 is 5.19. The summed E-state index contributed by atoms with van der Waals surface area (Å²) in [4.78, 5) is 13.5. The zero-order valence-corrected chi connectivity index (χ0v) is 10.5. The summed E-state index contributed by atoms with van der Waals surface area (Å²) in [6.07, 6.45) is 2.07. The minimum atomic E-state index is -0.490. The standard InChI is InChI=1S/C13H18N2O3/c1-11(16)5-6-13(17)15(8-3-7-14)10-12-4-2-9-18-12/h2,4,9,11,16H,3,5-6,8,10H2,1H3. The van der Waals surface area contributed by atoms with Crippen molar-refractivity contribution in [1.29, 1.82) is 5.26 Å². The number of hydrogen-bond acceptors (Lipinski definition) is 4. The molecule has 0 aliphatic rings. The van der Waals surface area contributed by atoms with Crippen LogP contribution >= 0.6 is 0 Å². The molecule has 0 saturated carbocycles. The predicted molar refractivity (Wildman–Crippen MR) is 65.3 cm³/mol. The van der Waals surface area contributed by atoms with Crippen molar-refractivity contribution < 1.29 is 14.3 Å². The van der Waals surface area contributed by atoms with Gasteiger partial charge in [0, 0.05) is 13.0 Å². The molecule has 1 unspecified atom stereocenters.